The Balaban J connectivity index is 1.83. The number of imide groups is 1. The molecule has 0 aliphatic carbocycles. The summed E-state index contributed by atoms with van der Waals surface area (Å²) >= 11 is 0. The molecule has 0 aromatic heterocycles. The molecule has 1 aromatic carbocycles. The molecule has 0 unspecified atom stereocenters. The summed E-state index contributed by atoms with van der Waals surface area (Å²) < 4.78 is 0. The van der Waals surface area contributed by atoms with Crippen LogP contribution in [-0.2, 0) is 9.59 Å². The lowest BCUT2D eigenvalue weighted by atomic mass is 10.3. The molecule has 6 nitrogen and oxygen atoms in total. The Bertz CT molecular complexity index is 576. The van der Waals surface area contributed by atoms with E-state index in [0.29, 0.717) is 12.5 Å². The van der Waals surface area contributed by atoms with Crippen molar-refractivity contribution in [2.75, 3.05) is 11.7 Å². The van der Waals surface area contributed by atoms with Gasteiger partial charge in [-0.1, -0.05) is 18.2 Å². The van der Waals surface area contributed by atoms with Crippen LogP contribution < -0.4 is 5.01 Å². The van der Waals surface area contributed by atoms with E-state index in [1.165, 1.54) is 12.2 Å². The number of hydrazine groups is 1. The maximum Gasteiger partial charge on any atom is 0.272 e. The Labute approximate surface area is 110 Å². The van der Waals surface area contributed by atoms with Crippen molar-refractivity contribution >= 4 is 23.3 Å². The second-order valence-electron chi connectivity index (χ2n) is 4.24. The summed E-state index contributed by atoms with van der Waals surface area (Å²) in [4.78, 5) is 23.3. The minimum Gasteiger partial charge on any atom is -0.267 e. The van der Waals surface area contributed by atoms with Gasteiger partial charge in [0.1, 0.15) is 12.5 Å². The average molecular weight is 256 g/mol. The number of hydrogen-bond donors (Lipinski definition) is 0. The Hall–Kier alpha value is -2.63. The lowest BCUT2D eigenvalue weighted by Crippen LogP contribution is -2.48. The van der Waals surface area contributed by atoms with Crippen LogP contribution in [0.25, 0.3) is 0 Å². The zero-order valence-electron chi connectivity index (χ0n) is 10.4. The molecule has 2 heterocycles. The molecule has 6 heteroatoms. The molecule has 0 fully saturated rings. The number of hydrazone groups is 1. The fraction of sp³-hybridized carbons (Fsp3) is 0.154. The first kappa shape index (κ1) is 11.5. The van der Waals surface area contributed by atoms with Crippen LogP contribution in [0.1, 0.15) is 6.92 Å². The Morgan fingerprint density at radius 2 is 1.68 bits per heavy atom. The van der Waals surface area contributed by atoms with Gasteiger partial charge in [0.2, 0.25) is 0 Å². The maximum atomic E-state index is 11.7. The van der Waals surface area contributed by atoms with E-state index in [1.807, 2.05) is 30.3 Å². The van der Waals surface area contributed by atoms with E-state index in [4.69, 9.17) is 0 Å². The predicted octanol–water partition coefficient (Wildman–Crippen LogP) is 0.940. The first-order chi connectivity index (χ1) is 9.16. The molecule has 2 amide bonds. The van der Waals surface area contributed by atoms with Crippen LogP contribution in [0.5, 0.6) is 0 Å². The standard InChI is InChI=1S/C13H12N4O2/c1-10-14-15(11-5-3-2-4-6-11)9-16(10)17-12(18)7-8-13(17)19/h2-8H,9H2,1H3. The van der Waals surface area contributed by atoms with E-state index in [0.717, 1.165) is 10.7 Å². The third-order valence-electron chi connectivity index (χ3n) is 2.99. The number of anilines is 1. The second kappa shape index (κ2) is 4.24. The predicted molar refractivity (Wildman–Crippen MR) is 69.7 cm³/mol. The smallest absolute Gasteiger partial charge is 0.267 e. The molecule has 19 heavy (non-hydrogen) atoms. The van der Waals surface area contributed by atoms with E-state index < -0.39 is 0 Å². The summed E-state index contributed by atoms with van der Waals surface area (Å²) in [7, 11) is 0. The van der Waals surface area contributed by atoms with Crippen molar-refractivity contribution < 1.29 is 9.59 Å². The molecule has 0 spiro atoms. The summed E-state index contributed by atoms with van der Waals surface area (Å²) in [5.74, 6) is -0.0711. The van der Waals surface area contributed by atoms with Crippen LogP contribution in [0.3, 0.4) is 0 Å². The minimum atomic E-state index is -0.338. The van der Waals surface area contributed by atoms with E-state index in [2.05, 4.69) is 5.10 Å². The van der Waals surface area contributed by atoms with E-state index in [9.17, 15) is 9.59 Å². The molecule has 3 rings (SSSR count). The first-order valence-corrected chi connectivity index (χ1v) is 5.88. The molecule has 2 aliphatic rings. The highest BCUT2D eigenvalue weighted by Crippen LogP contribution is 2.21. The molecule has 2 aliphatic heterocycles. The fourth-order valence-electron chi connectivity index (χ4n) is 2.06. The molecule has 0 N–H and O–H groups in total. The second-order valence-corrected chi connectivity index (χ2v) is 4.24. The number of carbonyl (C=O) groups is 2. The van der Waals surface area contributed by atoms with Gasteiger partial charge in [0.05, 0.1) is 5.69 Å². The Morgan fingerprint density at radius 1 is 1.05 bits per heavy atom. The highest BCUT2D eigenvalue weighted by atomic mass is 16.2. The van der Waals surface area contributed by atoms with Gasteiger partial charge < -0.3 is 0 Å². The molecule has 0 radical (unpaired) electrons. The fourth-order valence-corrected chi connectivity index (χ4v) is 2.06. The van der Waals surface area contributed by atoms with Gasteiger partial charge in [0.15, 0.2) is 0 Å². The van der Waals surface area contributed by atoms with Crippen molar-refractivity contribution in [3.05, 3.63) is 42.5 Å². The number of benzene rings is 1. The van der Waals surface area contributed by atoms with Crippen LogP contribution in [0.15, 0.2) is 47.6 Å². The molecule has 0 bridgehead atoms. The molecule has 1 aromatic rings. The van der Waals surface area contributed by atoms with Gasteiger partial charge in [0, 0.05) is 12.2 Å². The van der Waals surface area contributed by atoms with Crippen molar-refractivity contribution in [3.63, 3.8) is 0 Å². The van der Waals surface area contributed by atoms with Crippen LogP contribution in [0, 0.1) is 0 Å². The van der Waals surface area contributed by atoms with Crippen molar-refractivity contribution in [1.82, 2.24) is 10.0 Å². The van der Waals surface area contributed by atoms with Crippen LogP contribution in [-0.4, -0.2) is 34.3 Å². The van der Waals surface area contributed by atoms with Crippen molar-refractivity contribution in [1.29, 1.82) is 0 Å². The Kier molecular flexibility index (Phi) is 2.56. The topological polar surface area (TPSA) is 56.2 Å². The maximum absolute atomic E-state index is 11.7. The largest absolute Gasteiger partial charge is 0.272 e. The van der Waals surface area contributed by atoms with Gasteiger partial charge >= 0.3 is 0 Å². The molecule has 0 saturated carbocycles. The van der Waals surface area contributed by atoms with Crippen molar-refractivity contribution in [2.24, 2.45) is 5.10 Å². The summed E-state index contributed by atoms with van der Waals surface area (Å²) in [6.07, 6.45) is 2.53. The van der Waals surface area contributed by atoms with Crippen LogP contribution in [0.4, 0.5) is 5.69 Å². The van der Waals surface area contributed by atoms with Crippen LogP contribution in [0.2, 0.25) is 0 Å². The van der Waals surface area contributed by atoms with Gasteiger partial charge in [-0.3, -0.25) is 9.59 Å². The van der Waals surface area contributed by atoms with Gasteiger partial charge in [-0.25, -0.2) is 10.0 Å². The number of rotatable bonds is 2. The zero-order chi connectivity index (χ0) is 13.4. The average Bonchev–Trinajstić information content (AvgIpc) is 2.94. The Morgan fingerprint density at radius 3 is 2.32 bits per heavy atom. The number of para-hydroxylation sites is 1. The van der Waals surface area contributed by atoms with E-state index in [-0.39, 0.29) is 11.8 Å². The number of nitrogens with zero attached hydrogens (tertiary/aromatic N) is 4. The first-order valence-electron chi connectivity index (χ1n) is 5.88. The monoisotopic (exact) mass is 256 g/mol. The van der Waals surface area contributed by atoms with Crippen LogP contribution >= 0.6 is 0 Å². The summed E-state index contributed by atoms with van der Waals surface area (Å²) in [5, 5.41) is 8.77. The molecule has 0 saturated heterocycles. The molecule has 96 valence electrons. The third-order valence-corrected chi connectivity index (χ3v) is 2.99. The zero-order valence-corrected chi connectivity index (χ0v) is 10.4. The molecule has 0 atom stereocenters. The molecular weight excluding hydrogens is 244 g/mol. The summed E-state index contributed by atoms with van der Waals surface area (Å²) in [5.41, 5.74) is 0.913. The number of hydrogen-bond acceptors (Lipinski definition) is 5. The normalized spacial score (nSPS) is 18.6. The number of carbonyl (C=O) groups excluding carboxylic acids is 2. The third kappa shape index (κ3) is 1.87. The lowest BCUT2D eigenvalue weighted by molar-refractivity contribution is -0.148. The van der Waals surface area contributed by atoms with Crippen molar-refractivity contribution in [3.8, 4) is 0 Å². The quantitative estimate of drug-likeness (QED) is 0.739. The van der Waals surface area contributed by atoms with Gasteiger partial charge in [0.25, 0.3) is 11.8 Å². The minimum absolute atomic E-state index is 0.338. The van der Waals surface area contributed by atoms with E-state index >= 15 is 0 Å². The van der Waals surface area contributed by atoms with E-state index in [1.54, 1.807) is 16.9 Å². The number of amidine groups is 1. The molecular formula is C13H12N4O2. The lowest BCUT2D eigenvalue weighted by Gasteiger charge is -2.27. The highest BCUT2D eigenvalue weighted by molar-refractivity contribution is 6.13. The van der Waals surface area contributed by atoms with Gasteiger partial charge in [-0.15, -0.1) is 0 Å². The highest BCUT2D eigenvalue weighted by Gasteiger charge is 2.34. The van der Waals surface area contributed by atoms with Gasteiger partial charge in [-0.2, -0.15) is 10.1 Å². The SMILES string of the molecule is CC1=NN(c2ccccc2)CN1N1C(=O)C=CC1=O. The number of amides is 2. The summed E-state index contributed by atoms with van der Waals surface area (Å²) in [6.45, 7) is 2.11. The van der Waals surface area contributed by atoms with Gasteiger partial charge in [-0.05, 0) is 19.1 Å². The summed E-state index contributed by atoms with van der Waals surface area (Å²) in [6, 6.07) is 9.59. The van der Waals surface area contributed by atoms with Crippen molar-refractivity contribution in [2.45, 2.75) is 6.92 Å².